The number of hydrogen-bond donors (Lipinski definition) is 2. The summed E-state index contributed by atoms with van der Waals surface area (Å²) in [5, 5.41) is 0. The minimum atomic E-state index is -4.39. The molecule has 452 valence electrons. The number of nitrogens with two attached hydrogens (primary N) is 1. The highest BCUT2D eigenvalue weighted by molar-refractivity contribution is 7.47. The Kier molecular flexibility index (Phi) is 61.1. The van der Waals surface area contributed by atoms with Crippen LogP contribution in [0.25, 0.3) is 0 Å². The maximum absolute atomic E-state index is 12.7. The van der Waals surface area contributed by atoms with E-state index in [0.29, 0.717) is 6.42 Å². The fraction of sp³-hybridized carbons (Fsp3) is 0.765. The Labute approximate surface area is 481 Å². The number of unbranched alkanes of at least 4 members (excludes halogenated alkanes) is 34. The molecule has 0 aromatic rings. The third kappa shape index (κ3) is 62.4. The fourth-order valence-electron chi connectivity index (χ4n) is 9.27. The molecule has 0 fully saturated rings. The van der Waals surface area contributed by atoms with Gasteiger partial charge in [-0.25, -0.2) is 4.57 Å². The molecule has 9 nitrogen and oxygen atoms in total. The highest BCUT2D eigenvalue weighted by atomic mass is 31.2. The second-order valence-electron chi connectivity index (χ2n) is 21.6. The van der Waals surface area contributed by atoms with Gasteiger partial charge in [-0.05, 0) is 70.6 Å². The van der Waals surface area contributed by atoms with Crippen molar-refractivity contribution in [1.82, 2.24) is 0 Å². The van der Waals surface area contributed by atoms with E-state index in [0.717, 1.165) is 83.5 Å². The van der Waals surface area contributed by atoms with Gasteiger partial charge in [-0.15, -0.1) is 0 Å². The fourth-order valence-corrected chi connectivity index (χ4v) is 10.0. The van der Waals surface area contributed by atoms with Gasteiger partial charge in [-0.1, -0.05) is 304 Å². The Bertz CT molecular complexity index is 1550. The molecule has 0 amide bonds. The number of carbonyl (C=O) groups is 2. The molecule has 0 bridgehead atoms. The second kappa shape index (κ2) is 63.4. The minimum Gasteiger partial charge on any atom is -0.462 e. The Hall–Kier alpha value is -2.81. The minimum absolute atomic E-state index is 0.0541. The molecular formula is C68H122NO8P. The SMILES string of the molecule is CC/C=C\C/C=C\C/C=C\C/C=C\C/C=C\C/C=C\C/C=C\CCCCCCCCCCCCCCCCCCCCCC(=O)OC(COC(=O)CCCCCCCCCCCCCCCCCC)COP(=O)(O)OCCN. The Morgan fingerprint density at radius 3 is 1.05 bits per heavy atom. The van der Waals surface area contributed by atoms with Crippen molar-refractivity contribution in [2.45, 2.75) is 309 Å². The maximum atomic E-state index is 12.7. The Morgan fingerprint density at radius 1 is 0.397 bits per heavy atom. The number of phosphoric ester groups is 1. The van der Waals surface area contributed by atoms with Crippen molar-refractivity contribution >= 4 is 19.8 Å². The molecule has 0 aromatic carbocycles. The van der Waals surface area contributed by atoms with E-state index < -0.39 is 26.5 Å². The quantitative estimate of drug-likeness (QED) is 0.0264. The number of carbonyl (C=O) groups excluding carboxylic acids is 2. The standard InChI is InChI=1S/C68H122NO8P/c1-3-5-7-9-11-13-15-17-19-21-22-23-24-25-26-27-28-29-30-31-32-33-34-35-36-37-38-39-40-41-42-43-44-45-47-49-51-53-55-57-59-61-68(71)77-66(65-76-78(72,73)75-63-62-69)64-74-67(70)60-58-56-54-52-50-48-46-20-18-16-14-12-10-8-6-4-2/h5,7,11,13,17,19,22-23,25-26,28-29,31-32,66H,3-4,6,8-10,12,14-16,18,20-21,24,27,30,33-65,69H2,1-2H3,(H,72,73)/b7-5-,13-11-,19-17-,23-22-,26-25-,29-28-,32-31-. The lowest BCUT2D eigenvalue weighted by molar-refractivity contribution is -0.161. The van der Waals surface area contributed by atoms with Crippen molar-refractivity contribution in [3.05, 3.63) is 85.1 Å². The number of ether oxygens (including phenoxy) is 2. The van der Waals surface area contributed by atoms with Crippen LogP contribution in [0.15, 0.2) is 85.1 Å². The average molecular weight is 1110 g/mol. The number of hydrogen-bond acceptors (Lipinski definition) is 8. The molecule has 0 aliphatic rings. The van der Waals surface area contributed by atoms with Gasteiger partial charge in [-0.2, -0.15) is 0 Å². The van der Waals surface area contributed by atoms with Crippen molar-refractivity contribution in [2.75, 3.05) is 26.4 Å². The molecule has 3 N–H and O–H groups in total. The molecule has 0 spiro atoms. The number of phosphoric acid groups is 1. The molecule has 0 heterocycles. The van der Waals surface area contributed by atoms with E-state index in [2.05, 4.69) is 98.9 Å². The predicted molar refractivity (Wildman–Crippen MR) is 335 cm³/mol. The molecule has 78 heavy (non-hydrogen) atoms. The van der Waals surface area contributed by atoms with Gasteiger partial charge >= 0.3 is 19.8 Å². The normalized spacial score (nSPS) is 13.5. The van der Waals surface area contributed by atoms with E-state index in [9.17, 15) is 19.0 Å². The molecule has 10 heteroatoms. The van der Waals surface area contributed by atoms with Crippen LogP contribution in [-0.4, -0.2) is 49.3 Å². The summed E-state index contributed by atoms with van der Waals surface area (Å²) >= 11 is 0. The molecule has 0 saturated heterocycles. The van der Waals surface area contributed by atoms with Crippen LogP contribution >= 0.6 is 7.82 Å². The first-order valence-corrected chi connectivity index (χ1v) is 34.1. The summed E-state index contributed by atoms with van der Waals surface area (Å²) in [6.45, 7) is 3.67. The number of esters is 2. The van der Waals surface area contributed by atoms with Crippen LogP contribution in [0.1, 0.15) is 303 Å². The van der Waals surface area contributed by atoms with Crippen LogP contribution in [0.3, 0.4) is 0 Å². The van der Waals surface area contributed by atoms with E-state index in [4.69, 9.17) is 24.3 Å². The van der Waals surface area contributed by atoms with Gasteiger partial charge in [0.15, 0.2) is 6.10 Å². The summed E-state index contributed by atoms with van der Waals surface area (Å²) in [6.07, 6.45) is 83.8. The zero-order chi connectivity index (χ0) is 56.6. The van der Waals surface area contributed by atoms with Crippen LogP contribution in [0.4, 0.5) is 0 Å². The van der Waals surface area contributed by atoms with E-state index in [1.165, 1.54) is 186 Å². The van der Waals surface area contributed by atoms with Gasteiger partial charge in [0.25, 0.3) is 0 Å². The lowest BCUT2D eigenvalue weighted by atomic mass is 10.0. The zero-order valence-electron chi connectivity index (χ0n) is 50.6. The van der Waals surface area contributed by atoms with Gasteiger partial charge in [0.2, 0.25) is 0 Å². The molecule has 0 radical (unpaired) electrons. The van der Waals surface area contributed by atoms with Crippen molar-refractivity contribution < 1.29 is 37.6 Å². The van der Waals surface area contributed by atoms with Gasteiger partial charge in [-0.3, -0.25) is 18.6 Å². The lowest BCUT2D eigenvalue weighted by Gasteiger charge is -2.19. The first-order valence-electron chi connectivity index (χ1n) is 32.6. The van der Waals surface area contributed by atoms with E-state index in [1.54, 1.807) is 0 Å². The van der Waals surface area contributed by atoms with Crippen LogP contribution in [0, 0.1) is 0 Å². The van der Waals surface area contributed by atoms with Crippen LogP contribution in [-0.2, 0) is 32.7 Å². The summed E-state index contributed by atoms with van der Waals surface area (Å²) in [7, 11) is -4.39. The molecule has 0 aliphatic carbocycles. The van der Waals surface area contributed by atoms with E-state index >= 15 is 0 Å². The molecule has 0 rings (SSSR count). The smallest absolute Gasteiger partial charge is 0.462 e. The average Bonchev–Trinajstić information content (AvgIpc) is 3.43. The molecule has 2 atom stereocenters. The monoisotopic (exact) mass is 1110 g/mol. The topological polar surface area (TPSA) is 134 Å². The highest BCUT2D eigenvalue weighted by Gasteiger charge is 2.26. The Morgan fingerprint density at radius 2 is 0.705 bits per heavy atom. The third-order valence-electron chi connectivity index (χ3n) is 14.0. The van der Waals surface area contributed by atoms with Crippen molar-refractivity contribution in [1.29, 1.82) is 0 Å². The predicted octanol–water partition coefficient (Wildman–Crippen LogP) is 21.0. The van der Waals surface area contributed by atoms with Crippen molar-refractivity contribution in [3.63, 3.8) is 0 Å². The van der Waals surface area contributed by atoms with Gasteiger partial charge in [0.05, 0.1) is 13.2 Å². The summed E-state index contributed by atoms with van der Waals surface area (Å²) < 4.78 is 33.1. The van der Waals surface area contributed by atoms with E-state index in [-0.39, 0.29) is 38.6 Å². The largest absolute Gasteiger partial charge is 0.472 e. The van der Waals surface area contributed by atoms with Gasteiger partial charge in [0.1, 0.15) is 6.61 Å². The molecule has 0 aliphatic heterocycles. The van der Waals surface area contributed by atoms with Gasteiger partial charge < -0.3 is 20.1 Å². The van der Waals surface area contributed by atoms with E-state index in [1.807, 2.05) is 0 Å². The van der Waals surface area contributed by atoms with Crippen LogP contribution < -0.4 is 5.73 Å². The molecule has 0 saturated carbocycles. The first-order chi connectivity index (χ1) is 38.3. The van der Waals surface area contributed by atoms with Crippen LogP contribution in [0.5, 0.6) is 0 Å². The summed E-state index contributed by atoms with van der Waals surface area (Å²) in [4.78, 5) is 35.2. The van der Waals surface area contributed by atoms with Crippen LogP contribution in [0.2, 0.25) is 0 Å². The zero-order valence-corrected chi connectivity index (χ0v) is 51.5. The lowest BCUT2D eigenvalue weighted by Crippen LogP contribution is -2.29. The molecular weight excluding hydrogens is 990 g/mol. The summed E-state index contributed by atoms with van der Waals surface area (Å²) in [6, 6.07) is 0. The van der Waals surface area contributed by atoms with Crippen molar-refractivity contribution in [3.8, 4) is 0 Å². The van der Waals surface area contributed by atoms with Gasteiger partial charge in [0, 0.05) is 19.4 Å². The van der Waals surface area contributed by atoms with Crippen molar-refractivity contribution in [2.24, 2.45) is 5.73 Å². The highest BCUT2D eigenvalue weighted by Crippen LogP contribution is 2.43. The Balaban J connectivity index is 3.81. The molecule has 0 aromatic heterocycles. The third-order valence-corrected chi connectivity index (χ3v) is 15.0. The maximum Gasteiger partial charge on any atom is 0.472 e. The number of rotatable bonds is 61. The summed E-state index contributed by atoms with van der Waals surface area (Å²) in [5.41, 5.74) is 5.39. The molecule has 2 unspecified atom stereocenters. The first kappa shape index (κ1) is 75.2. The second-order valence-corrected chi connectivity index (χ2v) is 23.1. The summed E-state index contributed by atoms with van der Waals surface area (Å²) in [5.74, 6) is -0.814. The number of allylic oxidation sites excluding steroid dienone is 14.